The Balaban J connectivity index is 1.58. The van der Waals surface area contributed by atoms with E-state index in [0.717, 1.165) is 29.5 Å². The van der Waals surface area contributed by atoms with Crippen molar-refractivity contribution in [3.8, 4) is 5.75 Å². The predicted molar refractivity (Wildman–Crippen MR) is 127 cm³/mol. The molecule has 1 amide bonds. The van der Waals surface area contributed by atoms with Crippen LogP contribution in [-0.4, -0.2) is 30.3 Å². The van der Waals surface area contributed by atoms with Gasteiger partial charge in [-0.3, -0.25) is 4.79 Å². The molecule has 0 aliphatic heterocycles. The number of phenols is 1. The minimum atomic E-state index is -0.744. The number of hydrogen-bond donors (Lipinski definition) is 2. The second-order valence-corrected chi connectivity index (χ2v) is 7.26. The molecule has 3 aromatic carbocycles. The van der Waals surface area contributed by atoms with Crippen LogP contribution in [0.1, 0.15) is 29.8 Å². The summed E-state index contributed by atoms with van der Waals surface area (Å²) in [5, 5.41) is 16.7. The van der Waals surface area contributed by atoms with Crippen LogP contribution in [0.15, 0.2) is 75.0 Å². The third kappa shape index (κ3) is 4.05. The zero-order valence-electron chi connectivity index (χ0n) is 17.8. The van der Waals surface area contributed by atoms with Crippen molar-refractivity contribution in [3.63, 3.8) is 0 Å². The second-order valence-electron chi connectivity index (χ2n) is 7.26. The number of phenolic OH excluding ortho intramolecular Hbond substituents is 1. The highest BCUT2D eigenvalue weighted by Crippen LogP contribution is 2.25. The maximum atomic E-state index is 12.6. The number of fused-ring (bicyclic) bond motifs is 3. The fourth-order valence-corrected chi connectivity index (χ4v) is 3.68. The lowest BCUT2D eigenvalue weighted by Gasteiger charge is -2.21. The van der Waals surface area contributed by atoms with Gasteiger partial charge in [0.1, 0.15) is 16.9 Å². The van der Waals surface area contributed by atoms with Crippen molar-refractivity contribution < 1.29 is 14.3 Å². The number of carbonyl (C=O) groups is 1. The average Bonchev–Trinajstić information content (AvgIpc) is 2.80. The normalized spacial score (nSPS) is 11.3. The van der Waals surface area contributed by atoms with Gasteiger partial charge in [0.05, 0.1) is 6.21 Å². The number of amides is 1. The Hall–Kier alpha value is -4.13. The van der Waals surface area contributed by atoms with Gasteiger partial charge in [-0.15, -0.1) is 0 Å². The van der Waals surface area contributed by atoms with E-state index in [-0.39, 0.29) is 11.3 Å². The van der Waals surface area contributed by atoms with E-state index in [0.29, 0.717) is 16.5 Å². The smallest absolute Gasteiger partial charge is 0.349 e. The summed E-state index contributed by atoms with van der Waals surface area (Å²) in [4.78, 5) is 27.0. The predicted octanol–water partition coefficient (Wildman–Crippen LogP) is 4.26. The lowest BCUT2D eigenvalue weighted by Crippen LogP contribution is -2.24. The molecule has 7 nitrogen and oxygen atoms in total. The molecule has 1 aromatic heterocycles. The molecule has 0 fully saturated rings. The molecule has 4 rings (SSSR count). The number of benzene rings is 3. The average molecular weight is 429 g/mol. The summed E-state index contributed by atoms with van der Waals surface area (Å²) in [5.74, 6) is -0.645. The maximum Gasteiger partial charge on any atom is 0.349 e. The molecule has 0 unspecified atom stereocenters. The standard InChI is InChI=1S/C25H23N3O4/c1-3-28(4-2)18-11-9-17(22(29)13-18)15-26-27-24(30)21-14-20-19-8-6-5-7-16(19)10-12-23(20)32-25(21)31/h5-15,29H,3-4H2,1-2H3,(H,27,30)/b26-15+. The third-order valence-electron chi connectivity index (χ3n) is 5.40. The quantitative estimate of drug-likeness (QED) is 0.207. The number of anilines is 1. The Morgan fingerprint density at radius 3 is 2.59 bits per heavy atom. The van der Waals surface area contributed by atoms with Crippen molar-refractivity contribution in [3.05, 3.63) is 82.2 Å². The van der Waals surface area contributed by atoms with Crippen LogP contribution in [0, 0.1) is 0 Å². The van der Waals surface area contributed by atoms with Crippen molar-refractivity contribution in [2.24, 2.45) is 5.10 Å². The molecule has 0 atom stereocenters. The zero-order valence-corrected chi connectivity index (χ0v) is 17.8. The van der Waals surface area contributed by atoms with Gasteiger partial charge in [-0.2, -0.15) is 5.10 Å². The monoisotopic (exact) mass is 429 g/mol. The first-order valence-corrected chi connectivity index (χ1v) is 10.4. The highest BCUT2D eigenvalue weighted by Gasteiger charge is 2.14. The highest BCUT2D eigenvalue weighted by atomic mass is 16.4. The molecule has 2 N–H and O–H groups in total. The summed E-state index contributed by atoms with van der Waals surface area (Å²) in [6.07, 6.45) is 1.33. The molecule has 0 saturated heterocycles. The number of rotatable bonds is 6. The van der Waals surface area contributed by atoms with Crippen molar-refractivity contribution in [1.82, 2.24) is 5.43 Å². The van der Waals surface area contributed by atoms with Crippen LogP contribution in [0.25, 0.3) is 21.7 Å². The van der Waals surface area contributed by atoms with Gasteiger partial charge >= 0.3 is 5.63 Å². The van der Waals surface area contributed by atoms with Gasteiger partial charge in [0, 0.05) is 35.8 Å². The minimum Gasteiger partial charge on any atom is -0.507 e. The largest absolute Gasteiger partial charge is 0.507 e. The van der Waals surface area contributed by atoms with Crippen LogP contribution in [0.5, 0.6) is 5.75 Å². The SMILES string of the molecule is CCN(CC)c1ccc(/C=N/NC(=O)c2cc3c(ccc4ccccc43)oc2=O)c(O)c1. The van der Waals surface area contributed by atoms with E-state index in [1.165, 1.54) is 12.3 Å². The Morgan fingerprint density at radius 1 is 1.06 bits per heavy atom. The van der Waals surface area contributed by atoms with E-state index in [1.54, 1.807) is 18.2 Å². The Morgan fingerprint density at radius 2 is 1.84 bits per heavy atom. The topological polar surface area (TPSA) is 95.1 Å². The number of aromatic hydroxyl groups is 1. The van der Waals surface area contributed by atoms with E-state index < -0.39 is 11.5 Å². The summed E-state index contributed by atoms with van der Waals surface area (Å²) >= 11 is 0. The first kappa shape index (κ1) is 21.1. The van der Waals surface area contributed by atoms with Crippen LogP contribution >= 0.6 is 0 Å². The Labute approximate surface area is 184 Å². The number of carbonyl (C=O) groups excluding carboxylic acids is 1. The Kier molecular flexibility index (Phi) is 5.89. The number of nitrogens with one attached hydrogen (secondary N) is 1. The molecule has 7 heteroatoms. The number of hydrogen-bond acceptors (Lipinski definition) is 6. The second kappa shape index (κ2) is 8.93. The van der Waals surface area contributed by atoms with Gasteiger partial charge < -0.3 is 14.4 Å². The maximum absolute atomic E-state index is 12.6. The van der Waals surface area contributed by atoms with Crippen molar-refractivity contribution in [2.45, 2.75) is 13.8 Å². The molecule has 0 saturated carbocycles. The van der Waals surface area contributed by atoms with Gasteiger partial charge in [-0.1, -0.05) is 30.3 Å². The summed E-state index contributed by atoms with van der Waals surface area (Å²) in [7, 11) is 0. The van der Waals surface area contributed by atoms with E-state index in [2.05, 4.69) is 15.4 Å². The van der Waals surface area contributed by atoms with E-state index in [4.69, 9.17) is 4.42 Å². The summed E-state index contributed by atoms with van der Waals surface area (Å²) in [6.45, 7) is 5.72. The van der Waals surface area contributed by atoms with E-state index in [9.17, 15) is 14.7 Å². The molecule has 4 aromatic rings. The summed E-state index contributed by atoms with van der Waals surface area (Å²) in [5.41, 5.74) is 3.20. The van der Waals surface area contributed by atoms with Crippen LogP contribution in [0.4, 0.5) is 5.69 Å². The number of nitrogens with zero attached hydrogens (tertiary/aromatic N) is 2. The molecule has 0 spiro atoms. The molecule has 0 radical (unpaired) electrons. The van der Waals surface area contributed by atoms with Crippen LogP contribution in [0.3, 0.4) is 0 Å². The lowest BCUT2D eigenvalue weighted by atomic mass is 10.0. The zero-order chi connectivity index (χ0) is 22.7. The van der Waals surface area contributed by atoms with Gasteiger partial charge in [-0.25, -0.2) is 10.2 Å². The molecule has 0 aliphatic carbocycles. The van der Waals surface area contributed by atoms with Crippen LogP contribution < -0.4 is 16.0 Å². The van der Waals surface area contributed by atoms with Crippen molar-refractivity contribution in [2.75, 3.05) is 18.0 Å². The molecular weight excluding hydrogens is 406 g/mol. The fourth-order valence-electron chi connectivity index (χ4n) is 3.68. The van der Waals surface area contributed by atoms with E-state index in [1.807, 2.05) is 50.2 Å². The van der Waals surface area contributed by atoms with Crippen LogP contribution in [0.2, 0.25) is 0 Å². The third-order valence-corrected chi connectivity index (χ3v) is 5.40. The van der Waals surface area contributed by atoms with Gasteiger partial charge in [-0.05, 0) is 48.9 Å². The van der Waals surface area contributed by atoms with E-state index >= 15 is 0 Å². The lowest BCUT2D eigenvalue weighted by molar-refractivity contribution is 0.0951. The summed E-state index contributed by atoms with van der Waals surface area (Å²) < 4.78 is 5.35. The molecular formula is C25H23N3O4. The summed E-state index contributed by atoms with van der Waals surface area (Å²) in [6, 6.07) is 18.0. The first-order chi connectivity index (χ1) is 15.5. The fraction of sp³-hybridized carbons (Fsp3) is 0.160. The molecule has 0 aliphatic rings. The molecule has 1 heterocycles. The first-order valence-electron chi connectivity index (χ1n) is 10.4. The Bertz CT molecular complexity index is 1390. The van der Waals surface area contributed by atoms with Gasteiger partial charge in [0.15, 0.2) is 0 Å². The molecule has 0 bridgehead atoms. The van der Waals surface area contributed by atoms with Crippen LogP contribution in [-0.2, 0) is 0 Å². The van der Waals surface area contributed by atoms with Gasteiger partial charge in [0.25, 0.3) is 5.91 Å². The highest BCUT2D eigenvalue weighted by molar-refractivity contribution is 6.08. The number of hydrazone groups is 1. The van der Waals surface area contributed by atoms with Crippen molar-refractivity contribution in [1.29, 1.82) is 0 Å². The van der Waals surface area contributed by atoms with Gasteiger partial charge in [0.2, 0.25) is 0 Å². The minimum absolute atomic E-state index is 0.0455. The molecule has 162 valence electrons. The van der Waals surface area contributed by atoms with Crippen molar-refractivity contribution >= 4 is 39.6 Å². The molecule has 32 heavy (non-hydrogen) atoms.